The molecule has 0 fully saturated rings. The zero-order valence-electron chi connectivity index (χ0n) is 14.6. The SMILES string of the molecule is Cc1cccc(OC(C)C(=O)NNC(=O)c2cccc(C)c2I)c1C. The van der Waals surface area contributed by atoms with Gasteiger partial charge in [-0.2, -0.15) is 0 Å². The highest BCUT2D eigenvalue weighted by atomic mass is 127. The van der Waals surface area contributed by atoms with E-state index in [1.54, 1.807) is 19.1 Å². The van der Waals surface area contributed by atoms with E-state index in [4.69, 9.17) is 4.74 Å². The molecule has 1 atom stereocenters. The van der Waals surface area contributed by atoms with Crippen molar-refractivity contribution < 1.29 is 14.3 Å². The number of carbonyl (C=O) groups is 2. The highest BCUT2D eigenvalue weighted by Crippen LogP contribution is 2.21. The Morgan fingerprint density at radius 2 is 1.64 bits per heavy atom. The topological polar surface area (TPSA) is 67.4 Å². The molecule has 0 saturated carbocycles. The highest BCUT2D eigenvalue weighted by molar-refractivity contribution is 14.1. The Hall–Kier alpha value is -2.09. The predicted octanol–water partition coefficient (Wildman–Crippen LogP) is 3.44. The third-order valence-corrected chi connectivity index (χ3v) is 5.40. The van der Waals surface area contributed by atoms with Crippen molar-refractivity contribution in [3.8, 4) is 5.75 Å². The summed E-state index contributed by atoms with van der Waals surface area (Å²) in [5.74, 6) is -0.125. The van der Waals surface area contributed by atoms with Crippen LogP contribution in [-0.4, -0.2) is 17.9 Å². The van der Waals surface area contributed by atoms with Crippen molar-refractivity contribution in [1.82, 2.24) is 10.9 Å². The van der Waals surface area contributed by atoms with Gasteiger partial charge >= 0.3 is 0 Å². The number of carbonyl (C=O) groups excluding carboxylic acids is 2. The van der Waals surface area contributed by atoms with Gasteiger partial charge in [-0.25, -0.2) is 0 Å². The van der Waals surface area contributed by atoms with E-state index >= 15 is 0 Å². The fourth-order valence-electron chi connectivity index (χ4n) is 2.21. The maximum Gasteiger partial charge on any atom is 0.279 e. The monoisotopic (exact) mass is 452 g/mol. The highest BCUT2D eigenvalue weighted by Gasteiger charge is 2.18. The maximum absolute atomic E-state index is 12.2. The summed E-state index contributed by atoms with van der Waals surface area (Å²) < 4.78 is 6.56. The van der Waals surface area contributed by atoms with Gasteiger partial charge in [-0.3, -0.25) is 20.4 Å². The van der Waals surface area contributed by atoms with Crippen LogP contribution in [-0.2, 0) is 4.79 Å². The third kappa shape index (κ3) is 4.72. The molecule has 0 saturated heterocycles. The smallest absolute Gasteiger partial charge is 0.279 e. The van der Waals surface area contributed by atoms with Crippen molar-refractivity contribution in [2.45, 2.75) is 33.8 Å². The lowest BCUT2D eigenvalue weighted by atomic mass is 10.1. The normalized spacial score (nSPS) is 11.6. The van der Waals surface area contributed by atoms with Crippen molar-refractivity contribution >= 4 is 34.4 Å². The van der Waals surface area contributed by atoms with E-state index in [0.29, 0.717) is 11.3 Å². The number of benzene rings is 2. The second-order valence-corrected chi connectivity index (χ2v) is 6.92. The van der Waals surface area contributed by atoms with Crippen LogP contribution >= 0.6 is 22.6 Å². The minimum atomic E-state index is -0.739. The van der Waals surface area contributed by atoms with Crippen LogP contribution in [0.25, 0.3) is 0 Å². The summed E-state index contributed by atoms with van der Waals surface area (Å²) in [6.07, 6.45) is -0.739. The number of halogens is 1. The van der Waals surface area contributed by atoms with Crippen LogP contribution < -0.4 is 15.6 Å². The van der Waals surface area contributed by atoms with Gasteiger partial charge in [0.1, 0.15) is 5.75 Å². The summed E-state index contributed by atoms with van der Waals surface area (Å²) in [5, 5.41) is 0. The summed E-state index contributed by atoms with van der Waals surface area (Å²) in [6, 6.07) is 11.1. The Labute approximate surface area is 161 Å². The van der Waals surface area contributed by atoms with Crippen molar-refractivity contribution in [2.24, 2.45) is 0 Å². The standard InChI is InChI=1S/C19H21IN2O3/c1-11-7-6-10-16(13(11)3)25-14(4)18(23)21-22-19(24)15-9-5-8-12(2)17(15)20/h5-10,14H,1-4H3,(H,21,23)(H,22,24). The van der Waals surface area contributed by atoms with Crippen molar-refractivity contribution in [3.63, 3.8) is 0 Å². The fourth-order valence-corrected chi connectivity index (χ4v) is 2.81. The Balaban J connectivity index is 1.96. The molecule has 6 heteroatoms. The van der Waals surface area contributed by atoms with Crippen molar-refractivity contribution in [3.05, 3.63) is 62.2 Å². The molecule has 0 aliphatic rings. The van der Waals surface area contributed by atoms with Gasteiger partial charge in [0, 0.05) is 3.57 Å². The lowest BCUT2D eigenvalue weighted by Gasteiger charge is -2.17. The summed E-state index contributed by atoms with van der Waals surface area (Å²) in [4.78, 5) is 24.4. The number of hydrogen-bond acceptors (Lipinski definition) is 3. The van der Waals surface area contributed by atoms with Gasteiger partial charge in [0.25, 0.3) is 11.8 Å². The number of aryl methyl sites for hydroxylation is 2. The lowest BCUT2D eigenvalue weighted by Crippen LogP contribution is -2.47. The maximum atomic E-state index is 12.2. The molecule has 2 aromatic rings. The molecule has 132 valence electrons. The largest absolute Gasteiger partial charge is 0.481 e. The first kappa shape index (κ1) is 19.2. The molecule has 1 unspecified atom stereocenters. The Morgan fingerprint density at radius 3 is 2.36 bits per heavy atom. The lowest BCUT2D eigenvalue weighted by molar-refractivity contribution is -0.128. The van der Waals surface area contributed by atoms with E-state index in [1.807, 2.05) is 45.0 Å². The van der Waals surface area contributed by atoms with Gasteiger partial charge in [-0.15, -0.1) is 0 Å². The molecule has 2 rings (SSSR count). The summed E-state index contributed by atoms with van der Waals surface area (Å²) in [5.41, 5.74) is 8.45. The first-order chi connectivity index (χ1) is 11.8. The fraction of sp³-hybridized carbons (Fsp3) is 0.263. The zero-order valence-corrected chi connectivity index (χ0v) is 16.8. The van der Waals surface area contributed by atoms with Gasteiger partial charge in [-0.1, -0.05) is 24.3 Å². The molecule has 0 aliphatic heterocycles. The van der Waals surface area contributed by atoms with Gasteiger partial charge in [0.2, 0.25) is 0 Å². The molecular formula is C19H21IN2O3. The molecule has 0 aromatic heterocycles. The summed E-state index contributed by atoms with van der Waals surface area (Å²) in [6.45, 7) is 7.49. The van der Waals surface area contributed by atoms with Gasteiger partial charge in [0.05, 0.1) is 5.56 Å². The molecule has 25 heavy (non-hydrogen) atoms. The molecule has 0 heterocycles. The van der Waals surface area contributed by atoms with E-state index in [2.05, 4.69) is 33.4 Å². The van der Waals surface area contributed by atoms with E-state index in [1.165, 1.54) is 0 Å². The quantitative estimate of drug-likeness (QED) is 0.552. The molecule has 2 amide bonds. The van der Waals surface area contributed by atoms with Gasteiger partial charge < -0.3 is 4.74 Å². The van der Waals surface area contributed by atoms with Crippen LogP contribution in [0.1, 0.15) is 34.0 Å². The number of hydrazine groups is 1. The first-order valence-electron chi connectivity index (χ1n) is 7.89. The number of ether oxygens (including phenoxy) is 1. The average molecular weight is 452 g/mol. The Bertz CT molecular complexity index is 805. The van der Waals surface area contributed by atoms with E-state index < -0.39 is 12.0 Å². The molecular weight excluding hydrogens is 431 g/mol. The molecule has 0 aliphatic carbocycles. The number of amides is 2. The van der Waals surface area contributed by atoms with Gasteiger partial charge in [-0.05, 0) is 79.1 Å². The minimum absolute atomic E-state index is 0.361. The second kappa shape index (κ2) is 8.33. The predicted molar refractivity (Wildman–Crippen MR) is 106 cm³/mol. The number of nitrogens with one attached hydrogen (secondary N) is 2. The van der Waals surface area contributed by atoms with Crippen LogP contribution in [0.5, 0.6) is 5.75 Å². The zero-order chi connectivity index (χ0) is 18.6. The summed E-state index contributed by atoms with van der Waals surface area (Å²) >= 11 is 2.11. The molecule has 0 spiro atoms. The van der Waals surface area contributed by atoms with Crippen LogP contribution in [0.15, 0.2) is 36.4 Å². The van der Waals surface area contributed by atoms with Crippen LogP contribution in [0.4, 0.5) is 0 Å². The number of hydrogen-bond donors (Lipinski definition) is 2. The molecule has 2 aromatic carbocycles. The molecule has 2 N–H and O–H groups in total. The van der Waals surface area contributed by atoms with E-state index in [-0.39, 0.29) is 5.91 Å². The Morgan fingerprint density at radius 1 is 1.00 bits per heavy atom. The number of rotatable bonds is 4. The van der Waals surface area contributed by atoms with E-state index in [9.17, 15) is 9.59 Å². The van der Waals surface area contributed by atoms with Crippen molar-refractivity contribution in [1.29, 1.82) is 0 Å². The summed E-state index contributed by atoms with van der Waals surface area (Å²) in [7, 11) is 0. The van der Waals surface area contributed by atoms with Crippen LogP contribution in [0.3, 0.4) is 0 Å². The average Bonchev–Trinajstić information content (AvgIpc) is 2.58. The van der Waals surface area contributed by atoms with Gasteiger partial charge in [0.15, 0.2) is 6.10 Å². The Kier molecular flexibility index (Phi) is 6.41. The third-order valence-electron chi connectivity index (χ3n) is 3.96. The van der Waals surface area contributed by atoms with Crippen LogP contribution in [0, 0.1) is 24.3 Å². The molecule has 0 radical (unpaired) electrons. The minimum Gasteiger partial charge on any atom is -0.481 e. The first-order valence-corrected chi connectivity index (χ1v) is 8.97. The van der Waals surface area contributed by atoms with Crippen LogP contribution in [0.2, 0.25) is 0 Å². The molecule has 5 nitrogen and oxygen atoms in total. The second-order valence-electron chi connectivity index (χ2n) is 5.84. The molecule has 0 bridgehead atoms. The van der Waals surface area contributed by atoms with E-state index in [0.717, 1.165) is 20.3 Å². The van der Waals surface area contributed by atoms with Crippen molar-refractivity contribution in [2.75, 3.05) is 0 Å².